The molecule has 0 saturated carbocycles. The number of nitrogens with zero attached hydrogens (tertiary/aromatic N) is 2. The molecule has 2 N–H and O–H groups in total. The number of aromatic nitrogens is 2. The van der Waals surface area contributed by atoms with E-state index >= 15 is 0 Å². The highest BCUT2D eigenvalue weighted by atomic mass is 32.2. The van der Waals surface area contributed by atoms with Gasteiger partial charge >= 0.3 is 5.97 Å². The van der Waals surface area contributed by atoms with Gasteiger partial charge in [0.05, 0.1) is 13.0 Å². The number of rotatable bonds is 4. The van der Waals surface area contributed by atoms with Crippen molar-refractivity contribution >= 4 is 23.5 Å². The standard InChI is InChI=1S/C10H15N3O2S/c1-6(10(14)15-3)7(2)16-9-8(11)12-4-5-13-9/h4-7H,1-3H3,(H2,11,12). The summed E-state index contributed by atoms with van der Waals surface area (Å²) in [7, 11) is 1.38. The van der Waals surface area contributed by atoms with Crippen molar-refractivity contribution in [2.24, 2.45) is 5.92 Å². The summed E-state index contributed by atoms with van der Waals surface area (Å²) in [5, 5.41) is 0.678. The Labute approximate surface area is 98.8 Å². The molecule has 88 valence electrons. The highest BCUT2D eigenvalue weighted by molar-refractivity contribution is 8.00. The van der Waals surface area contributed by atoms with Crippen LogP contribution in [0.4, 0.5) is 5.82 Å². The largest absolute Gasteiger partial charge is 0.469 e. The predicted octanol–water partition coefficient (Wildman–Crippen LogP) is 1.35. The number of esters is 1. The van der Waals surface area contributed by atoms with E-state index < -0.39 is 0 Å². The average Bonchev–Trinajstić information content (AvgIpc) is 2.30. The molecule has 2 unspecified atom stereocenters. The normalized spacial score (nSPS) is 14.2. The first-order valence-corrected chi connectivity index (χ1v) is 5.75. The Morgan fingerprint density at radius 1 is 1.44 bits per heavy atom. The van der Waals surface area contributed by atoms with Crippen LogP contribution < -0.4 is 5.73 Å². The first-order chi connectivity index (χ1) is 7.56. The molecule has 1 heterocycles. The summed E-state index contributed by atoms with van der Waals surface area (Å²) in [4.78, 5) is 19.4. The summed E-state index contributed by atoms with van der Waals surface area (Å²) in [5.41, 5.74) is 5.67. The molecule has 0 fully saturated rings. The highest BCUT2D eigenvalue weighted by Crippen LogP contribution is 2.29. The molecule has 0 bridgehead atoms. The second kappa shape index (κ2) is 5.69. The van der Waals surface area contributed by atoms with E-state index in [0.29, 0.717) is 10.8 Å². The van der Waals surface area contributed by atoms with Crippen LogP contribution in [-0.2, 0) is 9.53 Å². The smallest absolute Gasteiger partial charge is 0.309 e. The van der Waals surface area contributed by atoms with Gasteiger partial charge in [-0.15, -0.1) is 0 Å². The number of ether oxygens (including phenoxy) is 1. The number of nitrogen functional groups attached to an aromatic ring is 1. The van der Waals surface area contributed by atoms with Gasteiger partial charge in [-0.3, -0.25) is 4.79 Å². The molecule has 1 aromatic heterocycles. The van der Waals surface area contributed by atoms with Crippen LogP contribution in [0.1, 0.15) is 13.8 Å². The van der Waals surface area contributed by atoms with Crippen molar-refractivity contribution in [3.8, 4) is 0 Å². The number of hydrogen-bond donors (Lipinski definition) is 1. The minimum absolute atomic E-state index is 0.0337. The minimum atomic E-state index is -0.234. The van der Waals surface area contributed by atoms with Gasteiger partial charge in [0.25, 0.3) is 0 Å². The van der Waals surface area contributed by atoms with Crippen molar-refractivity contribution in [3.05, 3.63) is 12.4 Å². The van der Waals surface area contributed by atoms with Gasteiger partial charge in [0.1, 0.15) is 5.03 Å². The average molecular weight is 241 g/mol. The van der Waals surface area contributed by atoms with Gasteiger partial charge in [0, 0.05) is 17.6 Å². The molecule has 0 amide bonds. The molecule has 0 radical (unpaired) electrons. The van der Waals surface area contributed by atoms with Crippen LogP contribution in [0.2, 0.25) is 0 Å². The second-order valence-electron chi connectivity index (χ2n) is 3.38. The van der Waals surface area contributed by atoms with Crippen molar-refractivity contribution in [1.29, 1.82) is 0 Å². The van der Waals surface area contributed by atoms with Gasteiger partial charge in [-0.1, -0.05) is 25.6 Å². The zero-order valence-corrected chi connectivity index (χ0v) is 10.3. The van der Waals surface area contributed by atoms with Crippen molar-refractivity contribution < 1.29 is 9.53 Å². The summed E-state index contributed by atoms with van der Waals surface area (Å²) < 4.78 is 4.68. The van der Waals surface area contributed by atoms with Crippen molar-refractivity contribution in [2.75, 3.05) is 12.8 Å². The summed E-state index contributed by atoms with van der Waals surface area (Å²) in [5.74, 6) is -0.0599. The first-order valence-electron chi connectivity index (χ1n) is 4.87. The highest BCUT2D eigenvalue weighted by Gasteiger charge is 2.22. The van der Waals surface area contributed by atoms with E-state index in [1.54, 1.807) is 6.20 Å². The summed E-state index contributed by atoms with van der Waals surface area (Å²) >= 11 is 1.42. The number of carbonyl (C=O) groups excluding carboxylic acids is 1. The fourth-order valence-corrected chi connectivity index (χ4v) is 2.05. The van der Waals surface area contributed by atoms with E-state index in [9.17, 15) is 4.79 Å². The quantitative estimate of drug-likeness (QED) is 0.633. The Morgan fingerprint density at radius 3 is 2.62 bits per heavy atom. The second-order valence-corrected chi connectivity index (χ2v) is 4.75. The van der Waals surface area contributed by atoms with Gasteiger partial charge in [-0.25, -0.2) is 9.97 Å². The van der Waals surface area contributed by atoms with E-state index in [0.717, 1.165) is 0 Å². The SMILES string of the molecule is COC(=O)C(C)C(C)Sc1nccnc1N. The fourth-order valence-electron chi connectivity index (χ4n) is 1.08. The third-order valence-electron chi connectivity index (χ3n) is 2.27. The summed E-state index contributed by atoms with van der Waals surface area (Å²) in [6.07, 6.45) is 3.11. The molecule has 1 aromatic rings. The number of nitrogens with two attached hydrogens (primary N) is 1. The van der Waals surface area contributed by atoms with Crippen LogP contribution in [-0.4, -0.2) is 28.3 Å². The van der Waals surface area contributed by atoms with Crippen LogP contribution in [0, 0.1) is 5.92 Å². The Balaban J connectivity index is 2.68. The lowest BCUT2D eigenvalue weighted by atomic mass is 10.1. The van der Waals surface area contributed by atoms with Crippen molar-refractivity contribution in [1.82, 2.24) is 9.97 Å². The topological polar surface area (TPSA) is 78.1 Å². The summed E-state index contributed by atoms with van der Waals surface area (Å²) in [6, 6.07) is 0. The lowest BCUT2D eigenvalue weighted by Gasteiger charge is -2.16. The number of thioether (sulfide) groups is 1. The third-order valence-corrected chi connectivity index (χ3v) is 3.58. The molecular weight excluding hydrogens is 226 g/mol. The first kappa shape index (κ1) is 12.8. The van der Waals surface area contributed by atoms with Crippen LogP contribution >= 0.6 is 11.8 Å². The lowest BCUT2D eigenvalue weighted by Crippen LogP contribution is -2.22. The van der Waals surface area contributed by atoms with Crippen molar-refractivity contribution in [2.45, 2.75) is 24.1 Å². The number of methoxy groups -OCH3 is 1. The maximum Gasteiger partial charge on any atom is 0.309 e. The lowest BCUT2D eigenvalue weighted by molar-refractivity contribution is -0.144. The van der Waals surface area contributed by atoms with Gasteiger partial charge in [0.15, 0.2) is 5.82 Å². The summed E-state index contributed by atoms with van der Waals surface area (Å²) in [6.45, 7) is 3.75. The predicted molar refractivity (Wildman–Crippen MR) is 62.9 cm³/mol. The maximum atomic E-state index is 11.3. The van der Waals surface area contributed by atoms with Crippen LogP contribution in [0.25, 0.3) is 0 Å². The molecule has 0 saturated heterocycles. The Morgan fingerprint density at radius 2 is 2.06 bits per heavy atom. The molecule has 5 nitrogen and oxygen atoms in total. The van der Waals surface area contributed by atoms with E-state index in [-0.39, 0.29) is 17.1 Å². The Kier molecular flexibility index (Phi) is 4.54. The number of anilines is 1. The Bertz CT molecular complexity index is 373. The van der Waals surface area contributed by atoms with Gasteiger partial charge in [-0.05, 0) is 0 Å². The number of hydrogen-bond acceptors (Lipinski definition) is 6. The molecule has 0 aliphatic rings. The van der Waals surface area contributed by atoms with E-state index in [2.05, 4.69) is 14.7 Å². The minimum Gasteiger partial charge on any atom is -0.469 e. The van der Waals surface area contributed by atoms with Gasteiger partial charge in [0.2, 0.25) is 0 Å². The zero-order valence-electron chi connectivity index (χ0n) is 9.51. The third kappa shape index (κ3) is 3.10. The molecule has 2 atom stereocenters. The maximum absolute atomic E-state index is 11.3. The van der Waals surface area contributed by atoms with Crippen LogP contribution in [0.5, 0.6) is 0 Å². The van der Waals surface area contributed by atoms with E-state index in [1.165, 1.54) is 25.1 Å². The zero-order chi connectivity index (χ0) is 12.1. The monoisotopic (exact) mass is 241 g/mol. The van der Waals surface area contributed by atoms with Crippen molar-refractivity contribution in [3.63, 3.8) is 0 Å². The van der Waals surface area contributed by atoms with Crippen LogP contribution in [0.15, 0.2) is 17.4 Å². The molecule has 0 aliphatic carbocycles. The molecule has 6 heteroatoms. The molecular formula is C10H15N3O2S. The van der Waals surface area contributed by atoms with E-state index in [1.807, 2.05) is 13.8 Å². The van der Waals surface area contributed by atoms with Gasteiger partial charge in [-0.2, -0.15) is 0 Å². The fraction of sp³-hybridized carbons (Fsp3) is 0.500. The van der Waals surface area contributed by atoms with E-state index in [4.69, 9.17) is 5.73 Å². The van der Waals surface area contributed by atoms with Gasteiger partial charge < -0.3 is 10.5 Å². The Hall–Kier alpha value is -1.30. The molecule has 0 spiro atoms. The molecule has 16 heavy (non-hydrogen) atoms. The molecule has 0 aromatic carbocycles. The molecule has 0 aliphatic heterocycles. The number of carbonyl (C=O) groups is 1. The van der Waals surface area contributed by atoms with Crippen LogP contribution in [0.3, 0.4) is 0 Å². The molecule has 1 rings (SSSR count).